The lowest BCUT2D eigenvalue weighted by molar-refractivity contribution is -0.143. The highest BCUT2D eigenvalue weighted by molar-refractivity contribution is 5.92. The van der Waals surface area contributed by atoms with E-state index in [0.717, 1.165) is 18.5 Å². The summed E-state index contributed by atoms with van der Waals surface area (Å²) in [6.45, 7) is 0.980. The number of aromatic nitrogens is 6. The lowest BCUT2D eigenvalue weighted by Crippen LogP contribution is -2.19. The van der Waals surface area contributed by atoms with Crippen LogP contribution in [-0.4, -0.2) is 54.5 Å². The molecule has 4 heterocycles. The van der Waals surface area contributed by atoms with Crippen molar-refractivity contribution in [3.8, 4) is 22.6 Å². The summed E-state index contributed by atoms with van der Waals surface area (Å²) in [5, 5.41) is 13.4. The summed E-state index contributed by atoms with van der Waals surface area (Å²) in [6, 6.07) is 1.31. The number of nitrogens with one attached hydrogen (secondary N) is 1. The number of rotatable bonds is 6. The number of hydrogen-bond acceptors (Lipinski definition) is 7. The quantitative estimate of drug-likeness (QED) is 0.353. The highest BCUT2D eigenvalue weighted by atomic mass is 19.1. The Morgan fingerprint density at radius 3 is 2.78 bits per heavy atom. The minimum absolute atomic E-state index is 0.0127. The molecule has 10 nitrogen and oxygen atoms in total. The van der Waals surface area contributed by atoms with Crippen molar-refractivity contribution >= 4 is 22.8 Å². The van der Waals surface area contributed by atoms with Crippen LogP contribution in [-0.2, 0) is 16.1 Å². The fraction of sp³-hybridized carbons (Fsp3) is 0.400. The van der Waals surface area contributed by atoms with Crippen LogP contribution in [0.5, 0.6) is 0 Å². The number of aromatic amines is 1. The Labute approximate surface area is 210 Å². The number of H-pyrrole nitrogens is 1. The summed E-state index contributed by atoms with van der Waals surface area (Å²) in [5.41, 5.74) is 7.15. The van der Waals surface area contributed by atoms with Gasteiger partial charge in [-0.1, -0.05) is 6.42 Å². The largest absolute Gasteiger partial charge is 0.481 e. The van der Waals surface area contributed by atoms with Crippen molar-refractivity contribution < 1.29 is 23.4 Å². The number of methoxy groups -OCH3 is 1. The van der Waals surface area contributed by atoms with Gasteiger partial charge < -0.3 is 20.6 Å². The number of nitrogens with zero attached hydrogens (tertiary/aromatic N) is 5. The van der Waals surface area contributed by atoms with Crippen molar-refractivity contribution in [1.82, 2.24) is 29.7 Å². The van der Waals surface area contributed by atoms with Crippen LogP contribution >= 0.6 is 0 Å². The van der Waals surface area contributed by atoms with Crippen LogP contribution in [0.4, 0.5) is 14.6 Å². The topological polar surface area (TPSA) is 145 Å². The molecule has 2 fully saturated rings. The normalized spacial score (nSPS) is 20.2. The third-order valence-corrected chi connectivity index (χ3v) is 7.10. The average Bonchev–Trinajstić information content (AvgIpc) is 3.68. The maximum atomic E-state index is 14.6. The van der Waals surface area contributed by atoms with Gasteiger partial charge in [0.2, 0.25) is 0 Å². The van der Waals surface area contributed by atoms with Crippen molar-refractivity contribution in [2.75, 3.05) is 19.5 Å². The van der Waals surface area contributed by atoms with Crippen LogP contribution < -0.4 is 5.73 Å². The molecule has 2 bridgehead atoms. The molecular formula is C25H27F2N7O3. The molecule has 6 rings (SSSR count). The van der Waals surface area contributed by atoms with Crippen molar-refractivity contribution in [3.05, 3.63) is 42.5 Å². The summed E-state index contributed by atoms with van der Waals surface area (Å²) >= 11 is 0. The number of anilines is 1. The number of aliphatic carboxylic acids is 1. The second kappa shape index (κ2) is 10.2. The Kier molecular flexibility index (Phi) is 6.83. The third-order valence-electron chi connectivity index (χ3n) is 7.10. The number of halogens is 2. The lowest BCUT2D eigenvalue weighted by atomic mass is 9.89. The molecular weight excluding hydrogens is 484 g/mol. The molecule has 3 atom stereocenters. The van der Waals surface area contributed by atoms with Crippen molar-refractivity contribution in [2.24, 2.45) is 17.8 Å². The Hall–Kier alpha value is -3.93. The van der Waals surface area contributed by atoms with E-state index in [0.29, 0.717) is 41.2 Å². The molecule has 4 N–H and O–H groups in total. The molecule has 2 aliphatic carbocycles. The molecule has 0 radical (unpaired) electrons. The van der Waals surface area contributed by atoms with Gasteiger partial charge in [-0.25, -0.2) is 23.7 Å². The van der Waals surface area contributed by atoms with Gasteiger partial charge in [-0.15, -0.1) is 0 Å². The molecule has 37 heavy (non-hydrogen) atoms. The highest BCUT2D eigenvalue weighted by Gasteiger charge is 2.43. The number of carboxylic acid groups (broad SMARTS) is 1. The average molecular weight is 512 g/mol. The number of hydrogen-bond donors (Lipinski definition) is 3. The molecule has 0 aromatic carbocycles. The lowest BCUT2D eigenvalue weighted by Gasteiger charge is -2.16. The molecule has 194 valence electrons. The first kappa shape index (κ1) is 24.8. The van der Waals surface area contributed by atoms with E-state index in [1.165, 1.54) is 31.5 Å². The monoisotopic (exact) mass is 511 g/mol. The van der Waals surface area contributed by atoms with Crippen LogP contribution in [0.25, 0.3) is 33.7 Å². The predicted octanol–water partition coefficient (Wildman–Crippen LogP) is 3.90. The SMILES string of the molecule is COCCn1cc(-c2nc(-c3c[nH]c4ncc(F)cc34)nc(N)c2F)cn1.O=C(O)C1CC2CCC1C2. The summed E-state index contributed by atoms with van der Waals surface area (Å²) in [7, 11) is 1.58. The molecule has 0 saturated heterocycles. The number of nitrogens with two attached hydrogens (primary N) is 1. The van der Waals surface area contributed by atoms with Gasteiger partial charge in [0.1, 0.15) is 17.2 Å². The fourth-order valence-corrected chi connectivity index (χ4v) is 5.28. The maximum absolute atomic E-state index is 14.6. The summed E-state index contributed by atoms with van der Waals surface area (Å²) < 4.78 is 34.7. The Morgan fingerprint density at radius 1 is 1.27 bits per heavy atom. The van der Waals surface area contributed by atoms with Crippen molar-refractivity contribution in [3.63, 3.8) is 0 Å². The molecule has 4 aromatic heterocycles. The Morgan fingerprint density at radius 2 is 2.11 bits per heavy atom. The number of fused-ring (bicyclic) bond motifs is 3. The number of pyridine rings is 1. The Balaban J connectivity index is 0.000000233. The standard InChI is InChI=1S/C17H15F2N7O.C8H12O2/c1-27-3-2-26-8-9(5-23-26)14-13(19)15(20)25-17(24-14)12-7-22-16-11(12)4-10(18)6-21-16;9-8(10)7-4-5-1-2-6(7)3-5/h4-8H,2-3H2,1H3,(H,21,22)(H2,20,24,25);5-7H,1-4H2,(H,9,10). The summed E-state index contributed by atoms with van der Waals surface area (Å²) in [4.78, 5) is 25.8. The zero-order valence-corrected chi connectivity index (χ0v) is 20.2. The maximum Gasteiger partial charge on any atom is 0.306 e. The van der Waals surface area contributed by atoms with Crippen LogP contribution in [0.15, 0.2) is 30.9 Å². The molecule has 0 amide bonds. The van der Waals surface area contributed by atoms with Gasteiger partial charge in [0.05, 0.1) is 31.5 Å². The van der Waals surface area contributed by atoms with Gasteiger partial charge in [-0.05, 0) is 37.2 Å². The van der Waals surface area contributed by atoms with E-state index < -0.39 is 17.6 Å². The van der Waals surface area contributed by atoms with E-state index in [-0.39, 0.29) is 23.3 Å². The first-order valence-corrected chi connectivity index (χ1v) is 12.0. The molecule has 0 aliphatic heterocycles. The number of carboxylic acids is 1. The summed E-state index contributed by atoms with van der Waals surface area (Å²) in [6.07, 6.45) is 10.4. The van der Waals surface area contributed by atoms with E-state index in [9.17, 15) is 13.6 Å². The first-order valence-electron chi connectivity index (χ1n) is 12.0. The van der Waals surface area contributed by atoms with Crippen molar-refractivity contribution in [1.29, 1.82) is 0 Å². The fourth-order valence-electron chi connectivity index (χ4n) is 5.28. The summed E-state index contributed by atoms with van der Waals surface area (Å²) in [5.74, 6) is -0.655. The van der Waals surface area contributed by atoms with Crippen LogP contribution in [0, 0.1) is 29.4 Å². The zero-order valence-electron chi connectivity index (χ0n) is 20.2. The molecule has 4 aromatic rings. The number of ether oxygens (including phenoxy) is 1. The van der Waals surface area contributed by atoms with E-state index in [4.69, 9.17) is 15.6 Å². The van der Waals surface area contributed by atoms with Gasteiger partial charge in [0.25, 0.3) is 0 Å². The predicted molar refractivity (Wildman–Crippen MR) is 131 cm³/mol. The molecule has 2 saturated carbocycles. The van der Waals surface area contributed by atoms with E-state index in [1.807, 2.05) is 0 Å². The van der Waals surface area contributed by atoms with Gasteiger partial charge >= 0.3 is 5.97 Å². The molecule has 3 unspecified atom stereocenters. The van der Waals surface area contributed by atoms with Gasteiger partial charge in [0.15, 0.2) is 17.5 Å². The molecule has 12 heteroatoms. The minimum Gasteiger partial charge on any atom is -0.481 e. The van der Waals surface area contributed by atoms with Gasteiger partial charge in [-0.3, -0.25) is 9.48 Å². The minimum atomic E-state index is -0.741. The smallest absolute Gasteiger partial charge is 0.306 e. The highest BCUT2D eigenvalue weighted by Crippen LogP contribution is 2.48. The second-order valence-electron chi connectivity index (χ2n) is 9.45. The van der Waals surface area contributed by atoms with Crippen LogP contribution in [0.3, 0.4) is 0 Å². The van der Waals surface area contributed by atoms with Gasteiger partial charge in [0, 0.05) is 36.0 Å². The molecule has 2 aliphatic rings. The zero-order chi connectivity index (χ0) is 26.1. The van der Waals surface area contributed by atoms with Crippen LogP contribution in [0.2, 0.25) is 0 Å². The second-order valence-corrected chi connectivity index (χ2v) is 9.45. The van der Waals surface area contributed by atoms with E-state index in [2.05, 4.69) is 25.0 Å². The first-order chi connectivity index (χ1) is 17.8. The molecule has 0 spiro atoms. The number of nitrogen functional groups attached to an aromatic ring is 1. The Bertz CT molecular complexity index is 1440. The van der Waals surface area contributed by atoms with Crippen molar-refractivity contribution in [2.45, 2.75) is 32.2 Å². The van der Waals surface area contributed by atoms with Crippen LogP contribution in [0.1, 0.15) is 25.7 Å². The number of carbonyl (C=O) groups is 1. The van der Waals surface area contributed by atoms with E-state index in [1.54, 1.807) is 24.2 Å². The van der Waals surface area contributed by atoms with E-state index >= 15 is 0 Å². The van der Waals surface area contributed by atoms with Gasteiger partial charge in [-0.2, -0.15) is 5.10 Å². The third kappa shape index (κ3) is 5.01.